The van der Waals surface area contributed by atoms with Crippen molar-refractivity contribution in [1.29, 1.82) is 0 Å². The maximum absolute atomic E-state index is 11.0. The Balaban J connectivity index is 1.88. The molecule has 6 nitrogen and oxygen atoms in total. The number of halogens is 1. The van der Waals surface area contributed by atoms with Crippen molar-refractivity contribution in [3.63, 3.8) is 0 Å². The molecular weight excluding hydrogens is 302 g/mol. The molecule has 1 heterocycles. The highest BCUT2D eigenvalue weighted by atomic mass is 35.5. The minimum absolute atomic E-state index is 0.213. The van der Waals surface area contributed by atoms with E-state index in [9.17, 15) is 4.79 Å². The molecule has 0 unspecified atom stereocenters. The minimum atomic E-state index is -0.213. The Morgan fingerprint density at radius 2 is 1.91 bits per heavy atom. The molecule has 0 saturated carbocycles. The zero-order chi connectivity index (χ0) is 15.9. The number of carbonyl (C=O) groups is 1. The van der Waals surface area contributed by atoms with Gasteiger partial charge < -0.3 is 5.32 Å². The number of hydrogen-bond donors (Lipinski definition) is 2. The van der Waals surface area contributed by atoms with Crippen molar-refractivity contribution in [3.8, 4) is 0 Å². The molecule has 0 atom stereocenters. The summed E-state index contributed by atoms with van der Waals surface area (Å²) in [5.41, 5.74) is 1.12. The number of amides is 1. The van der Waals surface area contributed by atoms with Crippen LogP contribution < -0.4 is 10.6 Å². The van der Waals surface area contributed by atoms with E-state index in [1.165, 1.54) is 6.92 Å². The minimum Gasteiger partial charge on any atom is -0.354 e. The lowest BCUT2D eigenvalue weighted by Gasteiger charge is -2.08. The predicted octanol–water partition coefficient (Wildman–Crippen LogP) is 2.84. The van der Waals surface area contributed by atoms with Crippen molar-refractivity contribution in [2.75, 3.05) is 17.2 Å². The Morgan fingerprint density at radius 3 is 2.64 bits per heavy atom. The molecule has 0 radical (unpaired) electrons. The monoisotopic (exact) mass is 319 g/mol. The van der Waals surface area contributed by atoms with Gasteiger partial charge in [0.05, 0.1) is 0 Å². The number of hydrogen-bond acceptors (Lipinski definition) is 5. The largest absolute Gasteiger partial charge is 0.354 e. The summed E-state index contributed by atoms with van der Waals surface area (Å²) in [6.45, 7) is 3.87. The van der Waals surface area contributed by atoms with E-state index in [1.54, 1.807) is 6.92 Å². The summed E-state index contributed by atoms with van der Waals surface area (Å²) in [5.74, 6) is 1.05. The molecule has 0 bridgehead atoms. The van der Waals surface area contributed by atoms with Crippen LogP contribution in [0.1, 0.15) is 24.7 Å². The lowest BCUT2D eigenvalue weighted by Crippen LogP contribution is -2.14. The average Bonchev–Trinajstić information content (AvgIpc) is 2.44. The van der Waals surface area contributed by atoms with Crippen molar-refractivity contribution in [2.24, 2.45) is 0 Å². The number of rotatable bonds is 6. The summed E-state index contributed by atoms with van der Waals surface area (Å²) in [6, 6.07) is 7.80. The second kappa shape index (κ2) is 7.70. The van der Waals surface area contributed by atoms with E-state index in [0.717, 1.165) is 23.4 Å². The van der Waals surface area contributed by atoms with Gasteiger partial charge in [-0.25, -0.2) is 0 Å². The number of benzene rings is 1. The number of nitrogens with one attached hydrogen (secondary N) is 2. The summed E-state index contributed by atoms with van der Waals surface area (Å²) >= 11 is 6.12. The Kier molecular flexibility index (Phi) is 5.66. The number of anilines is 2. The zero-order valence-electron chi connectivity index (χ0n) is 12.6. The fourth-order valence-electron chi connectivity index (χ4n) is 1.95. The third-order valence-electron chi connectivity index (χ3n) is 2.90. The van der Waals surface area contributed by atoms with Gasteiger partial charge in [-0.3, -0.25) is 10.1 Å². The Labute approximate surface area is 134 Å². The number of aromatic nitrogens is 3. The molecule has 22 heavy (non-hydrogen) atoms. The van der Waals surface area contributed by atoms with Crippen LogP contribution in [-0.2, 0) is 11.2 Å². The van der Waals surface area contributed by atoms with Gasteiger partial charge in [-0.05, 0) is 31.4 Å². The third-order valence-corrected chi connectivity index (χ3v) is 3.27. The first-order valence-corrected chi connectivity index (χ1v) is 7.40. The van der Waals surface area contributed by atoms with Crippen LogP contribution in [0.5, 0.6) is 0 Å². The molecule has 1 aromatic heterocycles. The predicted molar refractivity (Wildman–Crippen MR) is 87.1 cm³/mol. The standard InChI is InChI=1S/C15H18ClN5O/c1-10-18-14(21-15(19-10)20-11(2)22)17-9-5-7-12-6-3-4-8-13(12)16/h3-4,6,8H,5,7,9H2,1-2H3,(H2,17,18,19,20,21,22). The van der Waals surface area contributed by atoms with Gasteiger partial charge in [-0.2, -0.15) is 15.0 Å². The summed E-state index contributed by atoms with van der Waals surface area (Å²) in [6.07, 6.45) is 1.76. The Hall–Kier alpha value is -2.21. The average molecular weight is 320 g/mol. The molecule has 2 aromatic rings. The van der Waals surface area contributed by atoms with Crippen LogP contribution in [0.2, 0.25) is 5.02 Å². The van der Waals surface area contributed by atoms with Gasteiger partial charge in [0.1, 0.15) is 5.82 Å². The van der Waals surface area contributed by atoms with Gasteiger partial charge in [0.15, 0.2) is 0 Å². The van der Waals surface area contributed by atoms with E-state index < -0.39 is 0 Å². The highest BCUT2D eigenvalue weighted by Gasteiger charge is 2.05. The summed E-state index contributed by atoms with van der Waals surface area (Å²) < 4.78 is 0. The van der Waals surface area contributed by atoms with E-state index >= 15 is 0 Å². The van der Waals surface area contributed by atoms with Crippen LogP contribution in [0.15, 0.2) is 24.3 Å². The molecule has 0 aliphatic rings. The second-order valence-electron chi connectivity index (χ2n) is 4.83. The summed E-state index contributed by atoms with van der Waals surface area (Å²) in [7, 11) is 0. The van der Waals surface area contributed by atoms with Gasteiger partial charge in [0.25, 0.3) is 0 Å². The molecule has 7 heteroatoms. The molecule has 0 spiro atoms. The molecule has 0 aliphatic heterocycles. The molecule has 1 aromatic carbocycles. The van der Waals surface area contributed by atoms with Crippen molar-refractivity contribution in [2.45, 2.75) is 26.7 Å². The molecule has 0 aliphatic carbocycles. The molecule has 0 saturated heterocycles. The van der Waals surface area contributed by atoms with Crippen LogP contribution in [-0.4, -0.2) is 27.4 Å². The SMILES string of the molecule is CC(=O)Nc1nc(C)nc(NCCCc2ccccc2Cl)n1. The Morgan fingerprint density at radius 1 is 1.18 bits per heavy atom. The van der Waals surface area contributed by atoms with E-state index in [2.05, 4.69) is 25.6 Å². The van der Waals surface area contributed by atoms with Crippen molar-refractivity contribution in [1.82, 2.24) is 15.0 Å². The van der Waals surface area contributed by atoms with Crippen molar-refractivity contribution < 1.29 is 4.79 Å². The number of carbonyl (C=O) groups excluding carboxylic acids is 1. The first kappa shape index (κ1) is 16.2. The van der Waals surface area contributed by atoms with Crippen LogP contribution in [0.25, 0.3) is 0 Å². The van der Waals surface area contributed by atoms with E-state index in [0.29, 0.717) is 18.3 Å². The quantitative estimate of drug-likeness (QED) is 0.800. The summed E-state index contributed by atoms with van der Waals surface area (Å²) in [4.78, 5) is 23.4. The fraction of sp³-hybridized carbons (Fsp3) is 0.333. The van der Waals surface area contributed by atoms with Gasteiger partial charge in [-0.1, -0.05) is 29.8 Å². The van der Waals surface area contributed by atoms with Crippen molar-refractivity contribution in [3.05, 3.63) is 40.7 Å². The molecule has 116 valence electrons. The van der Waals surface area contributed by atoms with E-state index in [4.69, 9.17) is 11.6 Å². The van der Waals surface area contributed by atoms with Crippen LogP contribution in [0, 0.1) is 6.92 Å². The highest BCUT2D eigenvalue weighted by molar-refractivity contribution is 6.31. The third kappa shape index (κ3) is 4.96. The molecule has 1 amide bonds. The second-order valence-corrected chi connectivity index (χ2v) is 5.24. The van der Waals surface area contributed by atoms with E-state index in [1.807, 2.05) is 24.3 Å². The van der Waals surface area contributed by atoms with Crippen LogP contribution in [0.3, 0.4) is 0 Å². The maximum atomic E-state index is 11.0. The zero-order valence-corrected chi connectivity index (χ0v) is 13.3. The summed E-state index contributed by atoms with van der Waals surface area (Å²) in [5, 5.41) is 6.47. The maximum Gasteiger partial charge on any atom is 0.234 e. The topological polar surface area (TPSA) is 79.8 Å². The number of nitrogens with zero attached hydrogens (tertiary/aromatic N) is 3. The van der Waals surface area contributed by atoms with Gasteiger partial charge >= 0.3 is 0 Å². The van der Waals surface area contributed by atoms with Gasteiger partial charge in [0, 0.05) is 18.5 Å². The lowest BCUT2D eigenvalue weighted by molar-refractivity contribution is -0.114. The first-order chi connectivity index (χ1) is 10.5. The van der Waals surface area contributed by atoms with Crippen LogP contribution >= 0.6 is 11.6 Å². The highest BCUT2D eigenvalue weighted by Crippen LogP contribution is 2.16. The van der Waals surface area contributed by atoms with Crippen molar-refractivity contribution >= 4 is 29.4 Å². The lowest BCUT2D eigenvalue weighted by atomic mass is 10.1. The molecule has 0 fully saturated rings. The normalized spacial score (nSPS) is 10.3. The van der Waals surface area contributed by atoms with E-state index in [-0.39, 0.29) is 11.9 Å². The molecular formula is C15H18ClN5O. The molecule has 2 rings (SSSR count). The van der Waals surface area contributed by atoms with Gasteiger partial charge in [-0.15, -0.1) is 0 Å². The van der Waals surface area contributed by atoms with Crippen LogP contribution in [0.4, 0.5) is 11.9 Å². The first-order valence-electron chi connectivity index (χ1n) is 7.02. The fourth-order valence-corrected chi connectivity index (χ4v) is 2.18. The number of aryl methyl sites for hydroxylation is 2. The Bertz CT molecular complexity index is 662. The smallest absolute Gasteiger partial charge is 0.234 e. The molecule has 2 N–H and O–H groups in total. The van der Waals surface area contributed by atoms with Gasteiger partial charge in [0.2, 0.25) is 17.8 Å².